The van der Waals surface area contributed by atoms with E-state index in [1.807, 2.05) is 17.7 Å². The molecule has 2 heterocycles. The van der Waals surface area contributed by atoms with Gasteiger partial charge in [0, 0.05) is 24.5 Å². The zero-order valence-corrected chi connectivity index (χ0v) is 11.3. The van der Waals surface area contributed by atoms with Crippen LogP contribution >= 0.6 is 0 Å². The van der Waals surface area contributed by atoms with Crippen LogP contribution in [0.2, 0.25) is 0 Å². The van der Waals surface area contributed by atoms with Crippen LogP contribution in [0.4, 0.5) is 4.39 Å². The van der Waals surface area contributed by atoms with Crippen LogP contribution in [-0.2, 0) is 6.54 Å². The largest absolute Gasteiger partial charge is 0.305 e. The molecule has 0 aromatic carbocycles. The van der Waals surface area contributed by atoms with E-state index in [0.29, 0.717) is 5.56 Å². The number of hydrogen-bond donors (Lipinski definition) is 1. The molecule has 0 aliphatic heterocycles. The second-order valence-corrected chi connectivity index (χ2v) is 4.36. The maximum Gasteiger partial charge on any atom is 0.146 e. The molecule has 0 fully saturated rings. The number of rotatable bonds is 6. The maximum atomic E-state index is 14.0. The first kappa shape index (κ1) is 13.7. The van der Waals surface area contributed by atoms with E-state index >= 15 is 0 Å². The van der Waals surface area contributed by atoms with Gasteiger partial charge in [-0.25, -0.2) is 4.39 Å². The highest BCUT2D eigenvalue weighted by atomic mass is 19.1. The van der Waals surface area contributed by atoms with Crippen molar-refractivity contribution in [3.63, 3.8) is 0 Å². The lowest BCUT2D eigenvalue weighted by Gasteiger charge is -2.20. The van der Waals surface area contributed by atoms with Gasteiger partial charge in [0.1, 0.15) is 5.82 Å². The third-order valence-electron chi connectivity index (χ3n) is 3.06. The predicted molar refractivity (Wildman–Crippen MR) is 72.2 cm³/mol. The first-order chi connectivity index (χ1) is 9.27. The van der Waals surface area contributed by atoms with E-state index < -0.39 is 0 Å². The molecule has 0 saturated heterocycles. The Morgan fingerprint density at radius 2 is 2.16 bits per heavy atom. The highest BCUT2D eigenvalue weighted by Gasteiger charge is 2.20. The van der Waals surface area contributed by atoms with Crippen molar-refractivity contribution in [3.8, 4) is 0 Å². The van der Waals surface area contributed by atoms with Crippen molar-refractivity contribution in [3.05, 3.63) is 47.8 Å². The van der Waals surface area contributed by atoms with Crippen LogP contribution in [0.15, 0.2) is 30.7 Å². The minimum absolute atomic E-state index is 0.189. The lowest BCUT2D eigenvalue weighted by molar-refractivity contribution is 0.504. The van der Waals surface area contributed by atoms with Crippen LogP contribution < -0.4 is 5.32 Å². The first-order valence-electron chi connectivity index (χ1n) is 6.62. The Balaban J connectivity index is 2.39. The van der Waals surface area contributed by atoms with Crippen molar-refractivity contribution in [2.75, 3.05) is 6.54 Å². The van der Waals surface area contributed by atoms with Crippen molar-refractivity contribution in [1.29, 1.82) is 0 Å². The summed E-state index contributed by atoms with van der Waals surface area (Å²) in [4.78, 5) is 3.81. The fraction of sp³-hybridized carbons (Fsp3) is 0.429. The van der Waals surface area contributed by atoms with Gasteiger partial charge < -0.3 is 5.32 Å². The summed E-state index contributed by atoms with van der Waals surface area (Å²) in [5.74, 6) is -0.292. The van der Waals surface area contributed by atoms with Crippen molar-refractivity contribution >= 4 is 0 Å². The van der Waals surface area contributed by atoms with E-state index in [1.54, 1.807) is 18.5 Å². The summed E-state index contributed by atoms with van der Waals surface area (Å²) >= 11 is 0. The van der Waals surface area contributed by atoms with Crippen molar-refractivity contribution in [2.24, 2.45) is 0 Å². The normalized spacial score (nSPS) is 12.6. The Morgan fingerprint density at radius 1 is 1.32 bits per heavy atom. The molecule has 1 unspecified atom stereocenters. The smallest absolute Gasteiger partial charge is 0.146 e. The molecule has 5 heteroatoms. The van der Waals surface area contributed by atoms with E-state index in [4.69, 9.17) is 0 Å². The second-order valence-electron chi connectivity index (χ2n) is 4.36. The first-order valence-corrected chi connectivity index (χ1v) is 6.62. The van der Waals surface area contributed by atoms with E-state index in [2.05, 4.69) is 22.3 Å². The average molecular weight is 262 g/mol. The van der Waals surface area contributed by atoms with Crippen molar-refractivity contribution < 1.29 is 4.39 Å². The maximum absolute atomic E-state index is 14.0. The van der Waals surface area contributed by atoms with E-state index in [-0.39, 0.29) is 11.9 Å². The molecule has 2 aromatic rings. The summed E-state index contributed by atoms with van der Waals surface area (Å²) in [6, 6.07) is 3.46. The Bertz CT molecular complexity index is 524. The third kappa shape index (κ3) is 2.98. The summed E-state index contributed by atoms with van der Waals surface area (Å²) in [7, 11) is 0. The number of pyridine rings is 1. The van der Waals surface area contributed by atoms with Gasteiger partial charge in [-0.2, -0.15) is 5.10 Å². The second kappa shape index (κ2) is 6.43. The fourth-order valence-electron chi connectivity index (χ4n) is 2.13. The van der Waals surface area contributed by atoms with Crippen LogP contribution in [0.1, 0.15) is 37.6 Å². The Labute approximate surface area is 112 Å². The minimum Gasteiger partial charge on any atom is -0.305 e. The summed E-state index contributed by atoms with van der Waals surface area (Å²) in [6.45, 7) is 5.70. The quantitative estimate of drug-likeness (QED) is 0.870. The Kier molecular flexibility index (Phi) is 4.63. The van der Waals surface area contributed by atoms with Gasteiger partial charge in [-0.1, -0.05) is 6.92 Å². The molecule has 2 rings (SSSR count). The molecule has 0 aliphatic carbocycles. The van der Waals surface area contributed by atoms with Crippen LogP contribution in [0, 0.1) is 5.82 Å². The van der Waals surface area contributed by atoms with Crippen LogP contribution in [0.25, 0.3) is 0 Å². The third-order valence-corrected chi connectivity index (χ3v) is 3.06. The average Bonchev–Trinajstić information content (AvgIpc) is 2.89. The van der Waals surface area contributed by atoms with Gasteiger partial charge in [0.15, 0.2) is 0 Å². The predicted octanol–water partition coefficient (Wildman–Crippen LogP) is 2.53. The van der Waals surface area contributed by atoms with Crippen molar-refractivity contribution in [2.45, 2.75) is 32.9 Å². The standard InChI is InChI=1S/C14H19FN4/c1-3-7-17-14(11-5-8-16-10-12(11)15)13-6-9-18-19(13)4-2/h5-6,8-10,14,17H,3-4,7H2,1-2H3. The Morgan fingerprint density at radius 3 is 2.84 bits per heavy atom. The van der Waals surface area contributed by atoms with Gasteiger partial charge in [0.2, 0.25) is 0 Å². The minimum atomic E-state index is -0.292. The molecule has 19 heavy (non-hydrogen) atoms. The van der Waals surface area contributed by atoms with E-state index in [9.17, 15) is 4.39 Å². The molecular formula is C14H19FN4. The van der Waals surface area contributed by atoms with E-state index in [1.165, 1.54) is 6.20 Å². The van der Waals surface area contributed by atoms with Crippen molar-refractivity contribution in [1.82, 2.24) is 20.1 Å². The Hall–Kier alpha value is -1.75. The number of hydrogen-bond acceptors (Lipinski definition) is 3. The zero-order chi connectivity index (χ0) is 13.7. The van der Waals surface area contributed by atoms with Gasteiger partial charge >= 0.3 is 0 Å². The number of nitrogens with one attached hydrogen (secondary N) is 1. The highest BCUT2D eigenvalue weighted by molar-refractivity contribution is 5.27. The lowest BCUT2D eigenvalue weighted by Crippen LogP contribution is -2.26. The van der Waals surface area contributed by atoms with Gasteiger partial charge in [-0.3, -0.25) is 9.67 Å². The molecule has 0 aliphatic rings. The van der Waals surface area contributed by atoms with Crippen LogP contribution in [0.5, 0.6) is 0 Å². The van der Waals surface area contributed by atoms with E-state index in [0.717, 1.165) is 25.2 Å². The molecule has 102 valence electrons. The molecule has 1 atom stereocenters. The van der Waals surface area contributed by atoms with Gasteiger partial charge in [0.05, 0.1) is 17.9 Å². The lowest BCUT2D eigenvalue weighted by atomic mass is 10.0. The molecular weight excluding hydrogens is 243 g/mol. The molecule has 0 amide bonds. The highest BCUT2D eigenvalue weighted by Crippen LogP contribution is 2.23. The molecule has 1 N–H and O–H groups in total. The molecule has 0 bridgehead atoms. The molecule has 2 aromatic heterocycles. The van der Waals surface area contributed by atoms with Crippen LogP contribution in [-0.4, -0.2) is 21.3 Å². The summed E-state index contributed by atoms with van der Waals surface area (Å²) in [5.41, 5.74) is 1.58. The summed E-state index contributed by atoms with van der Waals surface area (Å²) in [6.07, 6.45) is 5.61. The molecule has 4 nitrogen and oxygen atoms in total. The number of nitrogens with zero attached hydrogens (tertiary/aromatic N) is 3. The number of aromatic nitrogens is 3. The van der Waals surface area contributed by atoms with Gasteiger partial charge in [0.25, 0.3) is 0 Å². The topological polar surface area (TPSA) is 42.7 Å². The van der Waals surface area contributed by atoms with Gasteiger partial charge in [-0.15, -0.1) is 0 Å². The zero-order valence-electron chi connectivity index (χ0n) is 11.3. The molecule has 0 radical (unpaired) electrons. The SMILES string of the molecule is CCCNC(c1ccncc1F)c1ccnn1CC. The molecule has 0 spiro atoms. The monoisotopic (exact) mass is 262 g/mol. The fourth-order valence-corrected chi connectivity index (χ4v) is 2.13. The molecule has 0 saturated carbocycles. The van der Waals surface area contributed by atoms with Crippen LogP contribution in [0.3, 0.4) is 0 Å². The number of aryl methyl sites for hydroxylation is 1. The van der Waals surface area contributed by atoms with Gasteiger partial charge in [-0.05, 0) is 32.0 Å². The summed E-state index contributed by atoms with van der Waals surface area (Å²) in [5, 5.41) is 7.63. The summed E-state index contributed by atoms with van der Waals surface area (Å²) < 4.78 is 15.8. The number of halogens is 1.